The van der Waals surface area contributed by atoms with Crippen LogP contribution in [0, 0.1) is 5.41 Å². The molecule has 1 aromatic carbocycles. The van der Waals surface area contributed by atoms with Crippen molar-refractivity contribution >= 4 is 57.0 Å². The van der Waals surface area contributed by atoms with E-state index in [9.17, 15) is 24.0 Å². The van der Waals surface area contributed by atoms with E-state index in [1.165, 1.54) is 23.6 Å². The number of amides is 4. The van der Waals surface area contributed by atoms with Crippen molar-refractivity contribution in [3.05, 3.63) is 41.5 Å². The zero-order valence-electron chi connectivity index (χ0n) is 21.1. The molecule has 1 aliphatic heterocycles. The molecule has 1 saturated heterocycles. The standard InChI is InChI=1S/C25H28N6O6S/c1-4-5-8-15(18(32)20(33)29-17-11-12-26-30-17)28-24(36)37-19-22(34)31(13-25(19,2)3)23(35)21-27-14-9-6-7-10-16(14)38-21/h6-7,9-12,15,19H,4-5,8,13H2,1-3H3,(H,28,36)(H2,26,29,30,33)/t15-,19+/m0/s1. The summed E-state index contributed by atoms with van der Waals surface area (Å²) in [5.74, 6) is -2.81. The molecule has 12 nitrogen and oxygen atoms in total. The van der Waals surface area contributed by atoms with Crippen molar-refractivity contribution in [3.63, 3.8) is 0 Å². The predicted octanol–water partition coefficient (Wildman–Crippen LogP) is 2.89. The molecule has 38 heavy (non-hydrogen) atoms. The van der Waals surface area contributed by atoms with Crippen LogP contribution in [0.3, 0.4) is 0 Å². The fourth-order valence-electron chi connectivity index (χ4n) is 4.13. The molecule has 1 fully saturated rings. The van der Waals surface area contributed by atoms with Gasteiger partial charge in [0.25, 0.3) is 17.7 Å². The Morgan fingerprint density at radius 2 is 2.00 bits per heavy atom. The number of benzene rings is 1. The highest BCUT2D eigenvalue weighted by Gasteiger charge is 2.52. The van der Waals surface area contributed by atoms with Crippen LogP contribution in [0.1, 0.15) is 49.8 Å². The van der Waals surface area contributed by atoms with Crippen LogP contribution in [0.4, 0.5) is 10.6 Å². The lowest BCUT2D eigenvalue weighted by atomic mass is 9.90. The fourth-order valence-corrected chi connectivity index (χ4v) is 5.05. The molecular formula is C25H28N6O6S. The highest BCUT2D eigenvalue weighted by molar-refractivity contribution is 7.20. The minimum Gasteiger partial charge on any atom is -0.435 e. The molecule has 200 valence electrons. The van der Waals surface area contributed by atoms with Crippen LogP contribution in [0.15, 0.2) is 36.5 Å². The number of likely N-dealkylation sites (tertiary alicyclic amines) is 1. The van der Waals surface area contributed by atoms with Gasteiger partial charge >= 0.3 is 6.09 Å². The first-order valence-corrected chi connectivity index (χ1v) is 13.0. The molecule has 0 radical (unpaired) electrons. The number of fused-ring (bicyclic) bond motifs is 1. The third-order valence-corrected chi connectivity index (χ3v) is 7.16. The number of para-hydroxylation sites is 1. The number of rotatable bonds is 9. The largest absolute Gasteiger partial charge is 0.435 e. The van der Waals surface area contributed by atoms with E-state index >= 15 is 0 Å². The number of alkyl carbamates (subject to hydrolysis) is 1. The Morgan fingerprint density at radius 3 is 2.68 bits per heavy atom. The third-order valence-electron chi connectivity index (χ3n) is 6.14. The van der Waals surface area contributed by atoms with E-state index in [0.717, 1.165) is 16.0 Å². The number of thiazole rings is 1. The number of aromatic amines is 1. The predicted molar refractivity (Wildman–Crippen MR) is 138 cm³/mol. The minimum absolute atomic E-state index is 0.0172. The number of imide groups is 1. The van der Waals surface area contributed by atoms with Crippen molar-refractivity contribution in [1.29, 1.82) is 0 Å². The summed E-state index contributed by atoms with van der Waals surface area (Å²) in [6.07, 6.45) is 0.586. The number of nitrogens with zero attached hydrogens (tertiary/aromatic N) is 3. The maximum absolute atomic E-state index is 13.2. The molecule has 0 aliphatic carbocycles. The number of hydrogen-bond acceptors (Lipinski definition) is 9. The Morgan fingerprint density at radius 1 is 1.24 bits per heavy atom. The molecule has 3 heterocycles. The van der Waals surface area contributed by atoms with Crippen molar-refractivity contribution in [2.24, 2.45) is 5.41 Å². The summed E-state index contributed by atoms with van der Waals surface area (Å²) in [6, 6.07) is 7.57. The van der Waals surface area contributed by atoms with Crippen molar-refractivity contribution in [1.82, 2.24) is 25.4 Å². The normalized spacial score (nSPS) is 17.3. The van der Waals surface area contributed by atoms with Gasteiger partial charge in [-0.1, -0.05) is 45.7 Å². The van der Waals surface area contributed by atoms with Gasteiger partial charge < -0.3 is 15.4 Å². The van der Waals surface area contributed by atoms with Crippen LogP contribution in [0.25, 0.3) is 10.2 Å². The number of Topliss-reactive ketones (excluding diaryl/α,β-unsaturated/α-hetero) is 1. The molecule has 2 aromatic heterocycles. The molecule has 2 atom stereocenters. The topological polar surface area (TPSA) is 163 Å². The van der Waals surface area contributed by atoms with E-state index in [0.29, 0.717) is 11.9 Å². The molecule has 0 unspecified atom stereocenters. The number of H-pyrrole nitrogens is 1. The first-order valence-electron chi connectivity index (χ1n) is 12.1. The van der Waals surface area contributed by atoms with Gasteiger partial charge in [0.2, 0.25) is 5.78 Å². The summed E-state index contributed by atoms with van der Waals surface area (Å²) < 4.78 is 6.26. The maximum atomic E-state index is 13.2. The van der Waals surface area contributed by atoms with Crippen molar-refractivity contribution in [2.75, 3.05) is 11.9 Å². The average molecular weight is 541 g/mol. The zero-order valence-corrected chi connectivity index (χ0v) is 22.0. The van der Waals surface area contributed by atoms with Gasteiger partial charge in [-0.05, 0) is 18.6 Å². The molecule has 3 aromatic rings. The highest BCUT2D eigenvalue weighted by atomic mass is 32.1. The van der Waals surface area contributed by atoms with Gasteiger partial charge in [-0.25, -0.2) is 9.78 Å². The number of ketones is 1. The summed E-state index contributed by atoms with van der Waals surface area (Å²) in [5, 5.41) is 11.2. The quantitative estimate of drug-likeness (QED) is 0.275. The van der Waals surface area contributed by atoms with Crippen LogP contribution in [0.5, 0.6) is 0 Å². The molecule has 0 bridgehead atoms. The second kappa shape index (κ2) is 11.1. The van der Waals surface area contributed by atoms with Crippen LogP contribution in [-0.2, 0) is 19.1 Å². The van der Waals surface area contributed by atoms with E-state index in [4.69, 9.17) is 4.74 Å². The van der Waals surface area contributed by atoms with Crippen LogP contribution < -0.4 is 10.6 Å². The van der Waals surface area contributed by atoms with Gasteiger partial charge in [-0.3, -0.25) is 29.2 Å². The van der Waals surface area contributed by atoms with Crippen LogP contribution in [0.2, 0.25) is 0 Å². The van der Waals surface area contributed by atoms with Crippen LogP contribution >= 0.6 is 11.3 Å². The van der Waals surface area contributed by atoms with E-state index in [1.54, 1.807) is 19.9 Å². The fraction of sp³-hybridized carbons (Fsp3) is 0.400. The van der Waals surface area contributed by atoms with Gasteiger partial charge in [0, 0.05) is 18.0 Å². The smallest absolute Gasteiger partial charge is 0.408 e. The number of aromatic nitrogens is 3. The average Bonchev–Trinajstić information content (AvgIpc) is 3.61. The van der Waals surface area contributed by atoms with E-state index in [1.807, 2.05) is 25.1 Å². The number of carbonyl (C=O) groups excluding carboxylic acids is 5. The molecule has 1 aliphatic rings. The lowest BCUT2D eigenvalue weighted by molar-refractivity contribution is -0.136. The summed E-state index contributed by atoms with van der Waals surface area (Å²) in [7, 11) is 0. The van der Waals surface area contributed by atoms with Crippen molar-refractivity contribution in [2.45, 2.75) is 52.2 Å². The number of anilines is 1. The molecule has 4 rings (SSSR count). The van der Waals surface area contributed by atoms with Gasteiger partial charge in [0.1, 0.15) is 11.9 Å². The van der Waals surface area contributed by atoms with Crippen molar-refractivity contribution in [3.8, 4) is 0 Å². The lowest BCUT2D eigenvalue weighted by Gasteiger charge is -2.24. The number of nitrogens with one attached hydrogen (secondary N) is 3. The maximum Gasteiger partial charge on any atom is 0.408 e. The SMILES string of the molecule is CCCC[C@H](NC(=O)O[C@@H]1C(=O)N(C(=O)c2nc3ccccc3s2)CC1(C)C)C(=O)C(=O)Nc1ccn[nH]1. The number of ether oxygens (including phenoxy) is 1. The Hall–Kier alpha value is -4.13. The first-order chi connectivity index (χ1) is 18.1. The molecule has 13 heteroatoms. The summed E-state index contributed by atoms with van der Waals surface area (Å²) in [4.78, 5) is 69.7. The number of unbranched alkanes of at least 4 members (excludes halogenated alkanes) is 1. The summed E-state index contributed by atoms with van der Waals surface area (Å²) in [5.41, 5.74) is -0.250. The molecule has 4 amide bonds. The van der Waals surface area contributed by atoms with Gasteiger partial charge in [0.15, 0.2) is 11.1 Å². The van der Waals surface area contributed by atoms with Gasteiger partial charge in [0.05, 0.1) is 16.4 Å². The Bertz CT molecular complexity index is 1330. The summed E-state index contributed by atoms with van der Waals surface area (Å²) >= 11 is 1.18. The van der Waals surface area contributed by atoms with Crippen LogP contribution in [-0.4, -0.2) is 68.4 Å². The second-order valence-electron chi connectivity index (χ2n) is 9.62. The van der Waals surface area contributed by atoms with E-state index in [2.05, 4.69) is 25.8 Å². The highest BCUT2D eigenvalue weighted by Crippen LogP contribution is 2.35. The third kappa shape index (κ3) is 5.72. The number of hydrogen-bond donors (Lipinski definition) is 3. The Kier molecular flexibility index (Phi) is 7.86. The summed E-state index contributed by atoms with van der Waals surface area (Å²) in [6.45, 7) is 5.32. The number of carbonyl (C=O) groups is 5. The zero-order chi connectivity index (χ0) is 27.4. The Balaban J connectivity index is 1.43. The first kappa shape index (κ1) is 26.9. The van der Waals surface area contributed by atoms with Gasteiger partial charge in [-0.15, -0.1) is 11.3 Å². The lowest BCUT2D eigenvalue weighted by Crippen LogP contribution is -2.48. The second-order valence-corrected chi connectivity index (χ2v) is 10.6. The van der Waals surface area contributed by atoms with Gasteiger partial charge in [-0.2, -0.15) is 5.10 Å². The molecular weight excluding hydrogens is 512 g/mol. The van der Waals surface area contributed by atoms with Crippen molar-refractivity contribution < 1.29 is 28.7 Å². The minimum atomic E-state index is -1.28. The van der Waals surface area contributed by atoms with E-state index in [-0.39, 0.29) is 23.8 Å². The van der Waals surface area contributed by atoms with E-state index < -0.39 is 47.2 Å². The Labute approximate surface area is 222 Å². The monoisotopic (exact) mass is 540 g/mol. The molecule has 3 N–H and O–H groups in total. The molecule has 0 saturated carbocycles. The molecule has 0 spiro atoms.